The van der Waals surface area contributed by atoms with E-state index in [1.165, 1.54) is 7.11 Å². The predicted molar refractivity (Wildman–Crippen MR) is 120 cm³/mol. The van der Waals surface area contributed by atoms with Crippen LogP contribution < -0.4 is 5.73 Å². The number of carbonyl (C=O) groups excluding carboxylic acids is 1. The molecule has 0 aliphatic heterocycles. The maximum absolute atomic E-state index is 12.1. The number of nitrogen functional groups attached to an aromatic ring is 1. The van der Waals surface area contributed by atoms with Crippen LogP contribution in [0.3, 0.4) is 0 Å². The Morgan fingerprint density at radius 3 is 2.58 bits per heavy atom. The van der Waals surface area contributed by atoms with E-state index in [1.54, 1.807) is 6.07 Å². The molecule has 5 rings (SSSR count). The zero-order chi connectivity index (χ0) is 21.5. The van der Waals surface area contributed by atoms with Crippen LogP contribution in [0.4, 0.5) is 5.69 Å². The summed E-state index contributed by atoms with van der Waals surface area (Å²) in [5.41, 5.74) is 14.3. The van der Waals surface area contributed by atoms with E-state index in [0.29, 0.717) is 18.0 Å². The normalized spacial score (nSPS) is 13.5. The van der Waals surface area contributed by atoms with Crippen molar-refractivity contribution in [2.45, 2.75) is 32.1 Å². The molecule has 0 amide bonds. The molecule has 0 atom stereocenters. The van der Waals surface area contributed by atoms with Crippen LogP contribution >= 0.6 is 0 Å². The molecule has 0 radical (unpaired) electrons. The third-order valence-electron chi connectivity index (χ3n) is 5.86. The van der Waals surface area contributed by atoms with E-state index in [-0.39, 0.29) is 0 Å². The molecule has 2 aromatic carbocycles. The average Bonchev–Trinajstić information content (AvgIpc) is 3.57. The molecule has 2 N–H and O–H groups in total. The summed E-state index contributed by atoms with van der Waals surface area (Å²) in [6.45, 7) is 1.94. The van der Waals surface area contributed by atoms with Gasteiger partial charge >= 0.3 is 5.97 Å². The standard InChI is InChI=1S/C25H24N4O2/c1-15-13-22(25(30)31-2)27-24-20(23(18-11-12-18)28-29(15)24)14-16-7-9-17(10-8-16)19-5-3-4-6-21(19)26/h3-10,13,18H,11-12,14,26H2,1-2H3. The number of methoxy groups -OCH3 is 1. The lowest BCUT2D eigenvalue weighted by atomic mass is 9.98. The fourth-order valence-electron chi connectivity index (χ4n) is 4.05. The summed E-state index contributed by atoms with van der Waals surface area (Å²) in [5.74, 6) is 0.0385. The highest BCUT2D eigenvalue weighted by Gasteiger charge is 2.31. The summed E-state index contributed by atoms with van der Waals surface area (Å²) in [7, 11) is 1.37. The van der Waals surface area contributed by atoms with Crippen LogP contribution in [0.1, 0.15) is 51.8 Å². The van der Waals surface area contributed by atoms with E-state index in [1.807, 2.05) is 35.7 Å². The number of para-hydroxylation sites is 1. The van der Waals surface area contributed by atoms with Crippen LogP contribution in [-0.2, 0) is 11.2 Å². The van der Waals surface area contributed by atoms with E-state index in [2.05, 4.69) is 29.2 Å². The molecule has 156 valence electrons. The fourth-order valence-corrected chi connectivity index (χ4v) is 4.05. The van der Waals surface area contributed by atoms with Gasteiger partial charge in [-0.2, -0.15) is 5.10 Å². The highest BCUT2D eigenvalue weighted by atomic mass is 16.5. The largest absolute Gasteiger partial charge is 0.464 e. The number of carbonyl (C=O) groups is 1. The van der Waals surface area contributed by atoms with Crippen LogP contribution in [0.25, 0.3) is 16.8 Å². The van der Waals surface area contributed by atoms with Crippen molar-refractivity contribution in [2.75, 3.05) is 12.8 Å². The van der Waals surface area contributed by atoms with Gasteiger partial charge in [0.25, 0.3) is 0 Å². The Bertz CT molecular complexity index is 1290. The van der Waals surface area contributed by atoms with Gasteiger partial charge in [0.1, 0.15) is 0 Å². The summed E-state index contributed by atoms with van der Waals surface area (Å²) in [6.07, 6.45) is 3.00. The van der Waals surface area contributed by atoms with E-state index in [4.69, 9.17) is 15.6 Å². The third-order valence-corrected chi connectivity index (χ3v) is 5.86. The molecule has 1 saturated carbocycles. The minimum Gasteiger partial charge on any atom is -0.464 e. The van der Waals surface area contributed by atoms with Gasteiger partial charge < -0.3 is 10.5 Å². The number of anilines is 1. The molecule has 2 aromatic heterocycles. The lowest BCUT2D eigenvalue weighted by Gasteiger charge is -2.08. The van der Waals surface area contributed by atoms with Crippen molar-refractivity contribution in [3.05, 3.63) is 82.8 Å². The second-order valence-electron chi connectivity index (χ2n) is 8.11. The number of hydrogen-bond acceptors (Lipinski definition) is 5. The summed E-state index contributed by atoms with van der Waals surface area (Å²) in [6, 6.07) is 18.1. The van der Waals surface area contributed by atoms with Gasteiger partial charge in [-0.25, -0.2) is 14.3 Å². The quantitative estimate of drug-likeness (QED) is 0.384. The second kappa shape index (κ2) is 7.54. The van der Waals surface area contributed by atoms with Gasteiger partial charge in [0.15, 0.2) is 11.3 Å². The Labute approximate surface area is 180 Å². The molecule has 0 spiro atoms. The predicted octanol–water partition coefficient (Wildman–Crippen LogP) is 4.54. The highest BCUT2D eigenvalue weighted by Crippen LogP contribution is 2.42. The molecule has 4 aromatic rings. The average molecular weight is 412 g/mol. The first-order valence-electron chi connectivity index (χ1n) is 10.5. The van der Waals surface area contributed by atoms with Gasteiger partial charge in [-0.15, -0.1) is 0 Å². The number of fused-ring (bicyclic) bond motifs is 1. The van der Waals surface area contributed by atoms with E-state index >= 15 is 0 Å². The van der Waals surface area contributed by atoms with E-state index in [0.717, 1.165) is 57.8 Å². The summed E-state index contributed by atoms with van der Waals surface area (Å²) in [5, 5.41) is 4.86. The molecule has 1 aliphatic rings. The Kier molecular flexibility index (Phi) is 4.70. The first kappa shape index (κ1) is 19.3. The lowest BCUT2D eigenvalue weighted by Crippen LogP contribution is -2.08. The van der Waals surface area contributed by atoms with Gasteiger partial charge in [0.05, 0.1) is 12.8 Å². The van der Waals surface area contributed by atoms with Crippen molar-refractivity contribution < 1.29 is 9.53 Å². The van der Waals surface area contributed by atoms with Crippen molar-refractivity contribution in [3.8, 4) is 11.1 Å². The molecule has 0 bridgehead atoms. The smallest absolute Gasteiger partial charge is 0.356 e. The van der Waals surface area contributed by atoms with Crippen molar-refractivity contribution in [1.82, 2.24) is 14.6 Å². The molecular formula is C25H24N4O2. The number of benzene rings is 2. The number of nitrogens with zero attached hydrogens (tertiary/aromatic N) is 3. The van der Waals surface area contributed by atoms with Gasteiger partial charge in [-0.3, -0.25) is 0 Å². The maximum Gasteiger partial charge on any atom is 0.356 e. The molecular weight excluding hydrogens is 388 g/mol. The number of aromatic nitrogens is 3. The molecule has 1 aliphatic carbocycles. The van der Waals surface area contributed by atoms with Crippen molar-refractivity contribution >= 4 is 17.3 Å². The maximum atomic E-state index is 12.1. The molecule has 6 heteroatoms. The minimum absolute atomic E-state index is 0.311. The monoisotopic (exact) mass is 412 g/mol. The lowest BCUT2D eigenvalue weighted by molar-refractivity contribution is 0.0594. The molecule has 6 nitrogen and oxygen atoms in total. The van der Waals surface area contributed by atoms with E-state index in [9.17, 15) is 4.79 Å². The Hall–Kier alpha value is -3.67. The number of hydrogen-bond donors (Lipinski definition) is 1. The summed E-state index contributed by atoms with van der Waals surface area (Å²) >= 11 is 0. The van der Waals surface area contributed by atoms with Gasteiger partial charge in [0.2, 0.25) is 0 Å². The minimum atomic E-state index is -0.435. The SMILES string of the molecule is COC(=O)c1cc(C)n2nc(C3CC3)c(Cc3ccc(-c4ccccc4N)cc3)c2n1. The van der Waals surface area contributed by atoms with Crippen LogP contribution in [0.5, 0.6) is 0 Å². The zero-order valence-corrected chi connectivity index (χ0v) is 17.6. The number of nitrogens with two attached hydrogens (primary N) is 1. The third kappa shape index (κ3) is 3.54. The topological polar surface area (TPSA) is 82.5 Å². The molecule has 1 fully saturated rings. The first-order chi connectivity index (χ1) is 15.0. The number of aryl methyl sites for hydroxylation is 1. The van der Waals surface area contributed by atoms with Gasteiger partial charge in [0, 0.05) is 34.8 Å². The first-order valence-corrected chi connectivity index (χ1v) is 10.5. The van der Waals surface area contributed by atoms with Crippen LogP contribution in [0.2, 0.25) is 0 Å². The molecule has 0 saturated heterocycles. The summed E-state index contributed by atoms with van der Waals surface area (Å²) in [4.78, 5) is 16.7. The zero-order valence-electron chi connectivity index (χ0n) is 17.6. The molecule has 2 heterocycles. The van der Waals surface area contributed by atoms with Gasteiger partial charge in [-0.05, 0) is 43.0 Å². The van der Waals surface area contributed by atoms with Crippen LogP contribution in [-0.4, -0.2) is 27.7 Å². The number of esters is 1. The Morgan fingerprint density at radius 1 is 1.16 bits per heavy atom. The van der Waals surface area contributed by atoms with Crippen LogP contribution in [0, 0.1) is 6.92 Å². The molecule has 0 unspecified atom stereocenters. The van der Waals surface area contributed by atoms with Crippen molar-refractivity contribution in [3.63, 3.8) is 0 Å². The fraction of sp³-hybridized carbons (Fsp3) is 0.240. The van der Waals surface area contributed by atoms with Crippen molar-refractivity contribution in [1.29, 1.82) is 0 Å². The number of rotatable bonds is 5. The van der Waals surface area contributed by atoms with Crippen LogP contribution in [0.15, 0.2) is 54.6 Å². The highest BCUT2D eigenvalue weighted by molar-refractivity contribution is 5.88. The summed E-state index contributed by atoms with van der Waals surface area (Å²) < 4.78 is 6.74. The van der Waals surface area contributed by atoms with Gasteiger partial charge in [-0.1, -0.05) is 42.5 Å². The van der Waals surface area contributed by atoms with Crippen molar-refractivity contribution in [2.24, 2.45) is 0 Å². The van der Waals surface area contributed by atoms with E-state index < -0.39 is 5.97 Å². The molecule has 31 heavy (non-hydrogen) atoms. The Morgan fingerprint density at radius 2 is 1.90 bits per heavy atom. The second-order valence-corrected chi connectivity index (χ2v) is 8.11. The Balaban J connectivity index is 1.55. The number of ether oxygens (including phenoxy) is 1.